The van der Waals surface area contributed by atoms with E-state index in [1.54, 1.807) is 0 Å². The third-order valence-electron chi connectivity index (χ3n) is 1.01. The summed E-state index contributed by atoms with van der Waals surface area (Å²) in [6.07, 6.45) is 0. The number of carbonyl (C=O) groups excluding carboxylic acids is 1. The van der Waals surface area contributed by atoms with Crippen molar-refractivity contribution >= 4 is 39.3 Å². The van der Waals surface area contributed by atoms with E-state index in [9.17, 15) is 4.79 Å². The summed E-state index contributed by atoms with van der Waals surface area (Å²) in [7, 11) is 1.42. The Morgan fingerprint density at radius 2 is 2.67 bits per heavy atom. The molecule has 1 amide bonds. The SMILES string of the molecule is COC(Br)C(=O)Nc1ncsn1. The maximum atomic E-state index is 11.1. The van der Waals surface area contributed by atoms with Gasteiger partial charge in [-0.3, -0.25) is 10.1 Å². The minimum Gasteiger partial charge on any atom is -0.360 e. The summed E-state index contributed by atoms with van der Waals surface area (Å²) in [5.41, 5.74) is 1.53. The van der Waals surface area contributed by atoms with Crippen molar-refractivity contribution in [1.29, 1.82) is 0 Å². The number of carbonyl (C=O) groups is 1. The molecule has 1 atom stereocenters. The Labute approximate surface area is 81.4 Å². The fourth-order valence-corrected chi connectivity index (χ4v) is 1.00. The van der Waals surface area contributed by atoms with Crippen LogP contribution in [0.2, 0.25) is 0 Å². The Hall–Kier alpha value is -0.530. The van der Waals surface area contributed by atoms with E-state index in [4.69, 9.17) is 4.74 Å². The van der Waals surface area contributed by atoms with Crippen LogP contribution in [0.4, 0.5) is 5.95 Å². The van der Waals surface area contributed by atoms with Gasteiger partial charge in [0, 0.05) is 7.11 Å². The molecule has 1 aromatic rings. The molecule has 0 bridgehead atoms. The number of methoxy groups -OCH3 is 1. The van der Waals surface area contributed by atoms with Gasteiger partial charge in [0.15, 0.2) is 5.01 Å². The fraction of sp³-hybridized carbons (Fsp3) is 0.400. The summed E-state index contributed by atoms with van der Waals surface area (Å²) >= 11 is 4.17. The van der Waals surface area contributed by atoms with E-state index < -0.39 is 5.01 Å². The molecule has 0 radical (unpaired) electrons. The van der Waals surface area contributed by atoms with Crippen molar-refractivity contribution < 1.29 is 9.53 Å². The minimum absolute atomic E-state index is 0.298. The Balaban J connectivity index is 2.47. The van der Waals surface area contributed by atoms with Crippen molar-refractivity contribution in [3.05, 3.63) is 5.51 Å². The molecule has 0 saturated carbocycles. The quantitative estimate of drug-likeness (QED) is 0.810. The van der Waals surface area contributed by atoms with Gasteiger partial charge >= 0.3 is 0 Å². The molecule has 0 spiro atoms. The van der Waals surface area contributed by atoms with Gasteiger partial charge in [-0.1, -0.05) is 0 Å². The summed E-state index contributed by atoms with van der Waals surface area (Å²) in [5, 5.41) is 1.78. The molecule has 1 unspecified atom stereocenters. The Morgan fingerprint density at radius 3 is 3.17 bits per heavy atom. The molecule has 0 fully saturated rings. The molecule has 5 nitrogen and oxygen atoms in total. The summed E-state index contributed by atoms with van der Waals surface area (Å²) in [5.74, 6) is -0.0256. The predicted molar refractivity (Wildman–Crippen MR) is 48.3 cm³/mol. The maximum Gasteiger partial charge on any atom is 0.266 e. The molecule has 0 aliphatic heterocycles. The van der Waals surface area contributed by atoms with E-state index in [-0.39, 0.29) is 5.91 Å². The zero-order chi connectivity index (χ0) is 8.97. The second kappa shape index (κ2) is 4.48. The van der Waals surface area contributed by atoms with Crippen LogP contribution in [-0.2, 0) is 9.53 Å². The summed E-state index contributed by atoms with van der Waals surface area (Å²) in [6.45, 7) is 0. The van der Waals surface area contributed by atoms with Crippen LogP contribution in [0.3, 0.4) is 0 Å². The van der Waals surface area contributed by atoms with Crippen molar-refractivity contribution in [2.75, 3.05) is 12.4 Å². The van der Waals surface area contributed by atoms with Crippen molar-refractivity contribution in [1.82, 2.24) is 9.36 Å². The number of anilines is 1. The lowest BCUT2D eigenvalue weighted by Gasteiger charge is -2.05. The molecule has 12 heavy (non-hydrogen) atoms. The van der Waals surface area contributed by atoms with Gasteiger partial charge in [0.25, 0.3) is 5.91 Å². The topological polar surface area (TPSA) is 64.1 Å². The van der Waals surface area contributed by atoms with E-state index >= 15 is 0 Å². The van der Waals surface area contributed by atoms with Crippen LogP contribution in [-0.4, -0.2) is 27.4 Å². The van der Waals surface area contributed by atoms with Crippen LogP contribution < -0.4 is 5.32 Å². The zero-order valence-corrected chi connectivity index (χ0v) is 8.55. The molecule has 0 aliphatic rings. The van der Waals surface area contributed by atoms with Gasteiger partial charge in [0.2, 0.25) is 5.95 Å². The van der Waals surface area contributed by atoms with Crippen molar-refractivity contribution in [3.8, 4) is 0 Å². The smallest absolute Gasteiger partial charge is 0.266 e. The van der Waals surface area contributed by atoms with Gasteiger partial charge in [-0.2, -0.15) is 4.37 Å². The van der Waals surface area contributed by atoms with Crippen LogP contribution >= 0.6 is 27.5 Å². The number of alkyl halides is 1. The van der Waals surface area contributed by atoms with Crippen LogP contribution in [0, 0.1) is 0 Å². The first kappa shape index (κ1) is 9.56. The van der Waals surface area contributed by atoms with E-state index in [1.165, 1.54) is 24.2 Å². The van der Waals surface area contributed by atoms with Gasteiger partial charge in [-0.25, -0.2) is 4.98 Å². The number of ether oxygens (including phenoxy) is 1. The van der Waals surface area contributed by atoms with E-state index in [0.717, 1.165) is 0 Å². The highest BCUT2D eigenvalue weighted by Crippen LogP contribution is 2.05. The highest BCUT2D eigenvalue weighted by atomic mass is 79.9. The van der Waals surface area contributed by atoms with Crippen molar-refractivity contribution in [2.45, 2.75) is 5.01 Å². The first-order chi connectivity index (χ1) is 5.74. The first-order valence-corrected chi connectivity index (χ1v) is 4.73. The molecule has 7 heteroatoms. The van der Waals surface area contributed by atoms with E-state index in [0.29, 0.717) is 5.95 Å². The molecule has 66 valence electrons. The molecule has 1 N–H and O–H groups in total. The van der Waals surface area contributed by atoms with Gasteiger partial charge < -0.3 is 4.74 Å². The number of rotatable bonds is 3. The number of hydrogen-bond acceptors (Lipinski definition) is 5. The molecule has 1 aromatic heterocycles. The lowest BCUT2D eigenvalue weighted by atomic mass is 10.6. The van der Waals surface area contributed by atoms with Crippen LogP contribution in [0.15, 0.2) is 5.51 Å². The molecular weight excluding hydrogens is 246 g/mol. The molecule has 0 aliphatic carbocycles. The van der Waals surface area contributed by atoms with Crippen LogP contribution in [0.1, 0.15) is 0 Å². The molecule has 1 rings (SSSR count). The zero-order valence-electron chi connectivity index (χ0n) is 6.15. The van der Waals surface area contributed by atoms with Crippen LogP contribution in [0.25, 0.3) is 0 Å². The van der Waals surface area contributed by atoms with Gasteiger partial charge in [-0.05, 0) is 27.5 Å². The maximum absolute atomic E-state index is 11.1. The predicted octanol–water partition coefficient (Wildman–Crippen LogP) is 0.844. The largest absolute Gasteiger partial charge is 0.360 e. The van der Waals surface area contributed by atoms with Crippen LogP contribution in [0.5, 0.6) is 0 Å². The second-order valence-electron chi connectivity index (χ2n) is 1.80. The normalized spacial score (nSPS) is 12.5. The summed E-state index contributed by atoms with van der Waals surface area (Å²) in [4.78, 5) is 14.9. The average Bonchev–Trinajstić information content (AvgIpc) is 2.55. The number of hydrogen-bond donors (Lipinski definition) is 1. The van der Waals surface area contributed by atoms with Crippen molar-refractivity contribution in [2.24, 2.45) is 0 Å². The summed E-state index contributed by atoms with van der Waals surface area (Å²) < 4.78 is 8.51. The first-order valence-electron chi connectivity index (χ1n) is 2.98. The van der Waals surface area contributed by atoms with E-state index in [1.807, 2.05) is 0 Å². The minimum atomic E-state index is -0.666. The number of nitrogens with zero attached hydrogens (tertiary/aromatic N) is 2. The molecule has 1 heterocycles. The lowest BCUT2D eigenvalue weighted by molar-refractivity contribution is -0.121. The third kappa shape index (κ3) is 2.50. The highest BCUT2D eigenvalue weighted by Gasteiger charge is 2.14. The standard InChI is InChI=1S/C5H6BrN3O2S/c1-11-3(6)4(10)8-5-7-2-12-9-5/h2-3H,1H3,(H,8,9,10). The van der Waals surface area contributed by atoms with Gasteiger partial charge in [-0.15, -0.1) is 0 Å². The number of nitrogens with one attached hydrogen (secondary N) is 1. The Bertz CT molecular complexity index is 253. The Kier molecular flexibility index (Phi) is 3.57. The third-order valence-corrected chi connectivity index (χ3v) is 2.28. The fourth-order valence-electron chi connectivity index (χ4n) is 0.500. The average molecular weight is 252 g/mol. The molecule has 0 saturated heterocycles. The Morgan fingerprint density at radius 1 is 1.92 bits per heavy atom. The lowest BCUT2D eigenvalue weighted by Crippen LogP contribution is -2.24. The summed E-state index contributed by atoms with van der Waals surface area (Å²) in [6, 6.07) is 0. The van der Waals surface area contributed by atoms with Gasteiger partial charge in [0.1, 0.15) is 5.51 Å². The number of aromatic nitrogens is 2. The van der Waals surface area contributed by atoms with Crippen molar-refractivity contribution in [3.63, 3.8) is 0 Å². The van der Waals surface area contributed by atoms with E-state index in [2.05, 4.69) is 30.6 Å². The molecular formula is C5H6BrN3O2S. The number of amides is 1. The second-order valence-corrected chi connectivity index (χ2v) is 3.23. The highest BCUT2D eigenvalue weighted by molar-refractivity contribution is 9.09. The monoisotopic (exact) mass is 251 g/mol. The number of halogens is 1. The van der Waals surface area contributed by atoms with Gasteiger partial charge in [0.05, 0.1) is 0 Å². The molecule has 0 aromatic carbocycles.